The molecule has 0 amide bonds. The predicted octanol–water partition coefficient (Wildman–Crippen LogP) is 1.53. The first-order valence-corrected chi connectivity index (χ1v) is 7.09. The fourth-order valence-electron chi connectivity index (χ4n) is 2.13. The van der Waals surface area contributed by atoms with Gasteiger partial charge < -0.3 is 16.4 Å². The Morgan fingerprint density at radius 1 is 1.23 bits per heavy atom. The number of hydrogen-bond donors (Lipinski definition) is 3. The van der Waals surface area contributed by atoms with Crippen LogP contribution in [-0.4, -0.2) is 29.3 Å². The quantitative estimate of drug-likeness (QED) is 0.725. The van der Waals surface area contributed by atoms with Crippen LogP contribution in [0.4, 0.5) is 23.1 Å². The van der Waals surface area contributed by atoms with Crippen LogP contribution in [0.15, 0.2) is 34.1 Å². The highest BCUT2D eigenvalue weighted by Gasteiger charge is 2.05. The monoisotopic (exact) mass is 300 g/mol. The molecule has 7 nitrogen and oxygen atoms in total. The maximum Gasteiger partial charge on any atom is 0.280 e. The molecule has 0 atom stereocenters. The number of H-pyrrole nitrogens is 1. The number of anilines is 3. The van der Waals surface area contributed by atoms with E-state index in [0.29, 0.717) is 0 Å². The summed E-state index contributed by atoms with van der Waals surface area (Å²) in [7, 11) is 0. The fraction of sp³-hybridized carbons (Fsp3) is 0.267. The number of benzene rings is 1. The number of nitrogen functional groups attached to an aromatic ring is 2. The first-order valence-electron chi connectivity index (χ1n) is 7.09. The van der Waals surface area contributed by atoms with Crippen molar-refractivity contribution in [2.45, 2.75) is 13.8 Å². The topological polar surface area (TPSA) is 113 Å². The van der Waals surface area contributed by atoms with Crippen LogP contribution in [0.5, 0.6) is 0 Å². The van der Waals surface area contributed by atoms with Crippen LogP contribution in [0, 0.1) is 0 Å². The SMILES string of the molecule is CCN(CC)c1ccc(C=Nc2c(N)nc(N)[nH]c2=O)cc1. The Balaban J connectivity index is 2.23. The molecule has 116 valence electrons. The molecule has 22 heavy (non-hydrogen) atoms. The molecular formula is C15H20N6O. The van der Waals surface area contributed by atoms with E-state index in [1.807, 2.05) is 24.3 Å². The van der Waals surface area contributed by atoms with E-state index in [1.54, 1.807) is 6.21 Å². The predicted molar refractivity (Wildman–Crippen MR) is 90.9 cm³/mol. The van der Waals surface area contributed by atoms with Gasteiger partial charge in [0, 0.05) is 25.0 Å². The largest absolute Gasteiger partial charge is 0.382 e. The standard InChI is InChI=1S/C15H20N6O/c1-3-21(4-2)11-7-5-10(6-8-11)9-18-12-13(16)19-15(17)20-14(12)22/h5-9H,3-4H2,1-2H3,(H5,16,17,19,20,22). The smallest absolute Gasteiger partial charge is 0.280 e. The molecule has 7 heteroatoms. The van der Waals surface area contributed by atoms with Gasteiger partial charge in [0.15, 0.2) is 11.5 Å². The highest BCUT2D eigenvalue weighted by Crippen LogP contribution is 2.16. The van der Waals surface area contributed by atoms with Crippen LogP contribution >= 0.6 is 0 Å². The first-order chi connectivity index (χ1) is 10.5. The molecule has 0 saturated heterocycles. The molecule has 2 aromatic rings. The summed E-state index contributed by atoms with van der Waals surface area (Å²) >= 11 is 0. The molecule has 1 aromatic heterocycles. The van der Waals surface area contributed by atoms with Crippen molar-refractivity contribution in [2.75, 3.05) is 29.5 Å². The van der Waals surface area contributed by atoms with E-state index >= 15 is 0 Å². The lowest BCUT2D eigenvalue weighted by molar-refractivity contribution is 0.866. The normalized spacial score (nSPS) is 11.0. The molecule has 2 rings (SSSR count). The van der Waals surface area contributed by atoms with Crippen molar-refractivity contribution in [3.05, 3.63) is 40.2 Å². The third kappa shape index (κ3) is 3.43. The number of aliphatic imine (C=N–C) groups is 1. The lowest BCUT2D eigenvalue weighted by atomic mass is 10.2. The minimum Gasteiger partial charge on any atom is -0.382 e. The number of aromatic nitrogens is 2. The van der Waals surface area contributed by atoms with Crippen molar-refractivity contribution in [1.82, 2.24) is 9.97 Å². The summed E-state index contributed by atoms with van der Waals surface area (Å²) in [4.78, 5) is 24.2. The Labute approximate surface area is 128 Å². The van der Waals surface area contributed by atoms with Gasteiger partial charge in [0.05, 0.1) is 0 Å². The summed E-state index contributed by atoms with van der Waals surface area (Å²) < 4.78 is 0. The van der Waals surface area contributed by atoms with Gasteiger partial charge in [-0.3, -0.25) is 9.78 Å². The molecule has 5 N–H and O–H groups in total. The summed E-state index contributed by atoms with van der Waals surface area (Å²) in [6.45, 7) is 6.13. The second-order valence-electron chi connectivity index (χ2n) is 4.71. The zero-order chi connectivity index (χ0) is 16.1. The van der Waals surface area contributed by atoms with Crippen molar-refractivity contribution in [3.63, 3.8) is 0 Å². The maximum atomic E-state index is 11.7. The van der Waals surface area contributed by atoms with Gasteiger partial charge >= 0.3 is 0 Å². The average molecular weight is 300 g/mol. The number of hydrogen-bond acceptors (Lipinski definition) is 6. The molecule has 0 aliphatic heterocycles. The Bertz CT molecular complexity index is 716. The summed E-state index contributed by atoms with van der Waals surface area (Å²) in [6, 6.07) is 7.91. The van der Waals surface area contributed by atoms with Gasteiger partial charge in [0.2, 0.25) is 5.95 Å². The fourth-order valence-corrected chi connectivity index (χ4v) is 2.13. The molecule has 0 saturated carbocycles. The van der Waals surface area contributed by atoms with Gasteiger partial charge in [0.1, 0.15) is 0 Å². The van der Waals surface area contributed by atoms with E-state index < -0.39 is 5.56 Å². The van der Waals surface area contributed by atoms with E-state index in [4.69, 9.17) is 11.5 Å². The molecule has 0 aliphatic carbocycles. The molecular weight excluding hydrogens is 280 g/mol. The molecule has 0 bridgehead atoms. The van der Waals surface area contributed by atoms with Gasteiger partial charge in [-0.25, -0.2) is 4.99 Å². The highest BCUT2D eigenvalue weighted by atomic mass is 16.1. The van der Waals surface area contributed by atoms with Crippen LogP contribution in [-0.2, 0) is 0 Å². The van der Waals surface area contributed by atoms with Gasteiger partial charge in [-0.2, -0.15) is 4.98 Å². The van der Waals surface area contributed by atoms with Crippen molar-refractivity contribution in [2.24, 2.45) is 4.99 Å². The minimum absolute atomic E-state index is 0.0114. The number of aromatic amines is 1. The maximum absolute atomic E-state index is 11.7. The Kier molecular flexibility index (Phi) is 4.77. The number of nitrogens with zero attached hydrogens (tertiary/aromatic N) is 3. The Morgan fingerprint density at radius 2 is 1.86 bits per heavy atom. The summed E-state index contributed by atoms with van der Waals surface area (Å²) in [5.41, 5.74) is 12.7. The van der Waals surface area contributed by atoms with Crippen LogP contribution in [0.1, 0.15) is 19.4 Å². The summed E-state index contributed by atoms with van der Waals surface area (Å²) in [5.74, 6) is -0.0118. The summed E-state index contributed by atoms with van der Waals surface area (Å²) in [5, 5.41) is 0. The zero-order valence-corrected chi connectivity index (χ0v) is 12.7. The number of rotatable bonds is 5. The Hall–Kier alpha value is -2.83. The van der Waals surface area contributed by atoms with Crippen LogP contribution in [0.3, 0.4) is 0 Å². The first kappa shape index (κ1) is 15.6. The molecule has 1 aromatic carbocycles. The third-order valence-corrected chi connectivity index (χ3v) is 3.30. The lowest BCUT2D eigenvalue weighted by Gasteiger charge is -2.20. The molecule has 0 aliphatic rings. The van der Waals surface area contributed by atoms with Crippen molar-refractivity contribution >= 4 is 29.4 Å². The van der Waals surface area contributed by atoms with E-state index in [1.165, 1.54) is 0 Å². The zero-order valence-electron chi connectivity index (χ0n) is 12.7. The van der Waals surface area contributed by atoms with E-state index in [2.05, 4.69) is 33.7 Å². The van der Waals surface area contributed by atoms with Crippen LogP contribution in [0.2, 0.25) is 0 Å². The minimum atomic E-state index is -0.457. The molecule has 0 spiro atoms. The summed E-state index contributed by atoms with van der Waals surface area (Å²) in [6.07, 6.45) is 1.57. The van der Waals surface area contributed by atoms with Gasteiger partial charge in [-0.1, -0.05) is 12.1 Å². The molecule has 1 heterocycles. The highest BCUT2D eigenvalue weighted by molar-refractivity contribution is 5.83. The lowest BCUT2D eigenvalue weighted by Crippen LogP contribution is -2.21. The molecule has 0 unspecified atom stereocenters. The van der Waals surface area contributed by atoms with Crippen molar-refractivity contribution in [1.29, 1.82) is 0 Å². The second kappa shape index (κ2) is 6.75. The molecule has 0 fully saturated rings. The molecule has 0 radical (unpaired) electrons. The van der Waals surface area contributed by atoms with E-state index in [-0.39, 0.29) is 17.5 Å². The van der Waals surface area contributed by atoms with Crippen LogP contribution in [0.25, 0.3) is 0 Å². The number of nitrogens with two attached hydrogens (primary N) is 2. The Morgan fingerprint density at radius 3 is 2.41 bits per heavy atom. The van der Waals surface area contributed by atoms with Crippen molar-refractivity contribution < 1.29 is 0 Å². The number of nitrogens with one attached hydrogen (secondary N) is 1. The van der Waals surface area contributed by atoms with Crippen LogP contribution < -0.4 is 21.9 Å². The van der Waals surface area contributed by atoms with Gasteiger partial charge in [-0.15, -0.1) is 0 Å². The van der Waals surface area contributed by atoms with Crippen molar-refractivity contribution in [3.8, 4) is 0 Å². The third-order valence-electron chi connectivity index (χ3n) is 3.30. The van der Waals surface area contributed by atoms with E-state index in [9.17, 15) is 4.79 Å². The van der Waals surface area contributed by atoms with E-state index in [0.717, 1.165) is 24.3 Å². The van der Waals surface area contributed by atoms with Gasteiger partial charge in [-0.05, 0) is 31.5 Å². The second-order valence-corrected chi connectivity index (χ2v) is 4.71. The van der Waals surface area contributed by atoms with Gasteiger partial charge in [0.25, 0.3) is 5.56 Å². The average Bonchev–Trinajstić information content (AvgIpc) is 2.49.